The number of aromatic nitrogens is 4. The molecule has 0 atom stereocenters. The molecule has 10 nitrogen and oxygen atoms in total. The van der Waals surface area contributed by atoms with Crippen molar-refractivity contribution in [1.82, 2.24) is 19.6 Å². The maximum absolute atomic E-state index is 12.4. The minimum atomic E-state index is -0.938. The first kappa shape index (κ1) is 19.8. The van der Waals surface area contributed by atoms with E-state index in [2.05, 4.69) is 20.8 Å². The topological polar surface area (TPSA) is 131 Å². The van der Waals surface area contributed by atoms with Crippen LogP contribution in [-0.4, -0.2) is 42.5 Å². The van der Waals surface area contributed by atoms with E-state index < -0.39 is 11.9 Å². The Morgan fingerprint density at radius 1 is 1.07 bits per heavy atom. The van der Waals surface area contributed by atoms with Crippen LogP contribution in [0.2, 0.25) is 0 Å². The van der Waals surface area contributed by atoms with Gasteiger partial charge in [-0.1, -0.05) is 6.07 Å². The van der Waals surface area contributed by atoms with Crippen LogP contribution in [0.4, 0.5) is 11.4 Å². The molecule has 2 aromatic heterocycles. The van der Waals surface area contributed by atoms with E-state index in [1.807, 2.05) is 6.92 Å². The van der Waals surface area contributed by atoms with Crippen LogP contribution in [0.25, 0.3) is 0 Å². The number of hydrogen-bond acceptors (Lipinski definition) is 5. The third kappa shape index (κ3) is 5.28. The number of nitrogens with zero attached hydrogens (tertiary/aromatic N) is 4. The molecule has 0 bridgehead atoms. The molecule has 0 fully saturated rings. The lowest BCUT2D eigenvalue weighted by Crippen LogP contribution is -2.14. The van der Waals surface area contributed by atoms with Crippen molar-refractivity contribution < 1.29 is 19.5 Å². The summed E-state index contributed by atoms with van der Waals surface area (Å²) in [6.07, 6.45) is 4.49. The molecule has 0 aliphatic heterocycles. The number of anilines is 2. The van der Waals surface area contributed by atoms with Gasteiger partial charge < -0.3 is 15.7 Å². The molecule has 0 radical (unpaired) electrons. The summed E-state index contributed by atoms with van der Waals surface area (Å²) in [6.45, 7) is 2.77. The molecule has 1 aromatic carbocycles. The van der Waals surface area contributed by atoms with Crippen LogP contribution >= 0.6 is 0 Å². The second-order valence-corrected chi connectivity index (χ2v) is 6.18. The Morgan fingerprint density at radius 2 is 1.79 bits per heavy atom. The van der Waals surface area contributed by atoms with Crippen LogP contribution in [0, 0.1) is 0 Å². The zero-order valence-electron chi connectivity index (χ0n) is 15.7. The van der Waals surface area contributed by atoms with Crippen LogP contribution in [0.15, 0.2) is 48.9 Å². The highest BCUT2D eigenvalue weighted by molar-refractivity contribution is 6.05. The van der Waals surface area contributed by atoms with Gasteiger partial charge in [0.25, 0.3) is 11.8 Å². The van der Waals surface area contributed by atoms with Gasteiger partial charge in [0, 0.05) is 30.3 Å². The molecule has 3 rings (SSSR count). The third-order valence-corrected chi connectivity index (χ3v) is 4.03. The maximum Gasteiger partial charge on any atom is 0.305 e. The maximum atomic E-state index is 12.4. The summed E-state index contributed by atoms with van der Waals surface area (Å²) in [4.78, 5) is 35.3. The van der Waals surface area contributed by atoms with E-state index in [1.165, 1.54) is 17.1 Å². The molecule has 0 unspecified atom stereocenters. The van der Waals surface area contributed by atoms with Crippen LogP contribution in [0.5, 0.6) is 0 Å². The first-order chi connectivity index (χ1) is 13.9. The molecule has 2 amide bonds. The lowest BCUT2D eigenvalue weighted by atomic mass is 10.2. The number of hydrogen-bond donors (Lipinski definition) is 3. The Balaban J connectivity index is 1.62. The van der Waals surface area contributed by atoms with Crippen molar-refractivity contribution in [3.63, 3.8) is 0 Å². The number of benzene rings is 1. The van der Waals surface area contributed by atoms with Gasteiger partial charge in [-0.3, -0.25) is 23.7 Å². The van der Waals surface area contributed by atoms with E-state index in [0.717, 1.165) is 0 Å². The highest BCUT2D eigenvalue weighted by Gasteiger charge is 2.12. The molecule has 29 heavy (non-hydrogen) atoms. The highest BCUT2D eigenvalue weighted by atomic mass is 16.4. The Labute approximate surface area is 166 Å². The summed E-state index contributed by atoms with van der Waals surface area (Å²) < 4.78 is 3.05. The van der Waals surface area contributed by atoms with Gasteiger partial charge in [-0.05, 0) is 31.2 Å². The molecule has 0 aliphatic rings. The Kier molecular flexibility index (Phi) is 6.03. The van der Waals surface area contributed by atoms with E-state index in [-0.39, 0.29) is 18.9 Å². The number of rotatable bonds is 8. The first-order valence-corrected chi connectivity index (χ1v) is 8.95. The monoisotopic (exact) mass is 396 g/mol. The lowest BCUT2D eigenvalue weighted by molar-refractivity contribution is -0.137. The minimum absolute atomic E-state index is 0.0824. The highest BCUT2D eigenvalue weighted by Crippen LogP contribution is 2.17. The predicted octanol–water partition coefficient (Wildman–Crippen LogP) is 2.08. The van der Waals surface area contributed by atoms with Crippen molar-refractivity contribution in [2.24, 2.45) is 0 Å². The zero-order chi connectivity index (χ0) is 20.8. The van der Waals surface area contributed by atoms with Gasteiger partial charge in [-0.2, -0.15) is 10.2 Å². The van der Waals surface area contributed by atoms with E-state index in [9.17, 15) is 14.4 Å². The van der Waals surface area contributed by atoms with Crippen molar-refractivity contribution in [1.29, 1.82) is 0 Å². The van der Waals surface area contributed by atoms with Gasteiger partial charge in [-0.15, -0.1) is 0 Å². The number of nitrogens with one attached hydrogen (secondary N) is 2. The molecular weight excluding hydrogens is 376 g/mol. The second kappa shape index (κ2) is 8.83. The van der Waals surface area contributed by atoms with E-state index in [4.69, 9.17) is 5.11 Å². The van der Waals surface area contributed by atoms with Crippen LogP contribution in [0.3, 0.4) is 0 Å². The van der Waals surface area contributed by atoms with Gasteiger partial charge in [0.05, 0.1) is 24.7 Å². The molecule has 0 saturated carbocycles. The smallest absolute Gasteiger partial charge is 0.305 e. The number of aryl methyl sites for hydroxylation is 2. The normalized spacial score (nSPS) is 10.5. The van der Waals surface area contributed by atoms with Crippen LogP contribution in [-0.2, 0) is 17.9 Å². The number of carboxylic acids is 1. The lowest BCUT2D eigenvalue weighted by Gasteiger charge is -2.07. The summed E-state index contributed by atoms with van der Waals surface area (Å²) in [6, 6.07) is 8.35. The van der Waals surface area contributed by atoms with Crippen LogP contribution in [0.1, 0.15) is 34.2 Å². The van der Waals surface area contributed by atoms with Crippen LogP contribution < -0.4 is 10.6 Å². The Hall–Kier alpha value is -3.95. The third-order valence-electron chi connectivity index (χ3n) is 4.03. The minimum Gasteiger partial charge on any atom is -0.481 e. The van der Waals surface area contributed by atoms with Gasteiger partial charge >= 0.3 is 5.97 Å². The Morgan fingerprint density at radius 3 is 2.45 bits per heavy atom. The standard InChI is InChI=1S/C19H20N6O4/c1-2-24-8-6-16(23-24)19(29)22-15-5-3-4-14(10-15)21-18(28)13-11-20-25(12-13)9-7-17(26)27/h3-6,8,10-12H,2,7,9H2,1H3,(H,21,28)(H,22,29)(H,26,27). The van der Waals surface area contributed by atoms with Gasteiger partial charge in [0.15, 0.2) is 5.69 Å². The summed E-state index contributed by atoms with van der Waals surface area (Å²) in [5, 5.41) is 22.3. The SMILES string of the molecule is CCn1ccc(C(=O)Nc2cccc(NC(=O)c3cnn(CCC(=O)O)c3)c2)n1. The van der Waals surface area contributed by atoms with Gasteiger partial charge in [0.1, 0.15) is 0 Å². The summed E-state index contributed by atoms with van der Waals surface area (Å²) >= 11 is 0. The molecule has 3 aromatic rings. The number of amides is 2. The number of carbonyl (C=O) groups excluding carboxylic acids is 2. The quantitative estimate of drug-likeness (QED) is 0.534. The fraction of sp³-hybridized carbons (Fsp3) is 0.211. The molecular formula is C19H20N6O4. The average Bonchev–Trinajstić information content (AvgIpc) is 3.36. The molecule has 0 aliphatic carbocycles. The summed E-state index contributed by atoms with van der Waals surface area (Å²) in [7, 11) is 0. The van der Waals surface area contributed by atoms with E-state index in [1.54, 1.807) is 41.2 Å². The van der Waals surface area contributed by atoms with Gasteiger partial charge in [-0.25, -0.2) is 0 Å². The Bertz CT molecular complexity index is 1040. The van der Waals surface area contributed by atoms with Gasteiger partial charge in [0.2, 0.25) is 0 Å². The number of carboxylic acid groups (broad SMARTS) is 1. The average molecular weight is 396 g/mol. The molecule has 10 heteroatoms. The zero-order valence-corrected chi connectivity index (χ0v) is 15.7. The number of aliphatic carboxylic acids is 1. The summed E-state index contributed by atoms with van der Waals surface area (Å²) in [5.74, 6) is -1.68. The van der Waals surface area contributed by atoms with Crippen molar-refractivity contribution in [3.8, 4) is 0 Å². The van der Waals surface area contributed by atoms with E-state index >= 15 is 0 Å². The largest absolute Gasteiger partial charge is 0.481 e. The fourth-order valence-electron chi connectivity index (χ4n) is 2.55. The van der Waals surface area contributed by atoms with Crippen molar-refractivity contribution in [2.75, 3.05) is 10.6 Å². The molecule has 0 saturated heterocycles. The number of carbonyl (C=O) groups is 3. The van der Waals surface area contributed by atoms with Crippen molar-refractivity contribution in [2.45, 2.75) is 26.4 Å². The second-order valence-electron chi connectivity index (χ2n) is 6.18. The first-order valence-electron chi connectivity index (χ1n) is 8.95. The van der Waals surface area contributed by atoms with E-state index in [0.29, 0.717) is 29.2 Å². The molecule has 2 heterocycles. The molecule has 0 spiro atoms. The molecule has 150 valence electrons. The summed E-state index contributed by atoms with van der Waals surface area (Å²) in [5.41, 5.74) is 1.60. The molecule has 3 N–H and O–H groups in total. The van der Waals surface area contributed by atoms with Crippen molar-refractivity contribution in [3.05, 3.63) is 60.2 Å². The van der Waals surface area contributed by atoms with Crippen molar-refractivity contribution >= 4 is 29.2 Å². The fourth-order valence-corrected chi connectivity index (χ4v) is 2.55. The predicted molar refractivity (Wildman–Crippen MR) is 105 cm³/mol.